The molecule has 0 bridgehead atoms. The van der Waals surface area contributed by atoms with Crippen LogP contribution in [0.1, 0.15) is 122 Å². The largest absolute Gasteiger partial charge is 0.494 e. The van der Waals surface area contributed by atoms with Crippen LogP contribution in [-0.4, -0.2) is 19.2 Å². The molecule has 0 atom stereocenters. The van der Waals surface area contributed by atoms with E-state index in [9.17, 15) is 4.79 Å². The van der Waals surface area contributed by atoms with Crippen molar-refractivity contribution in [2.24, 2.45) is 0 Å². The summed E-state index contributed by atoms with van der Waals surface area (Å²) < 4.78 is 10.8. The summed E-state index contributed by atoms with van der Waals surface area (Å²) in [5.74, 6) is 0.428. The lowest BCUT2D eigenvalue weighted by molar-refractivity contribution is -0.142. The van der Waals surface area contributed by atoms with Crippen LogP contribution in [0.5, 0.6) is 5.75 Å². The van der Waals surface area contributed by atoms with Crippen LogP contribution in [0.4, 0.5) is 0 Å². The molecule has 0 saturated carbocycles. The Balaban J connectivity index is 1.86. The van der Waals surface area contributed by atoms with Crippen molar-refractivity contribution in [2.45, 2.75) is 122 Å². The van der Waals surface area contributed by atoms with E-state index in [2.05, 4.69) is 6.92 Å². The van der Waals surface area contributed by atoms with Crippen molar-refractivity contribution < 1.29 is 14.3 Å². The fourth-order valence-corrected chi connectivity index (χ4v) is 3.99. The van der Waals surface area contributed by atoms with Gasteiger partial charge in [-0.3, -0.25) is 4.79 Å². The minimum atomic E-state index is -0.462. The Morgan fingerprint density at radius 3 is 1.70 bits per heavy atom. The summed E-state index contributed by atoms with van der Waals surface area (Å²) in [4.78, 5) is 11.2. The van der Waals surface area contributed by atoms with Gasteiger partial charge in [0.05, 0.1) is 19.3 Å². The van der Waals surface area contributed by atoms with E-state index in [0.717, 1.165) is 24.3 Å². The fourth-order valence-electron chi connectivity index (χ4n) is 3.99. The van der Waals surface area contributed by atoms with Gasteiger partial charge in [-0.05, 0) is 24.1 Å². The first-order chi connectivity index (χ1) is 16.3. The molecule has 0 aliphatic carbocycles. The van der Waals surface area contributed by atoms with E-state index in [1.165, 1.54) is 96.3 Å². The second-order valence-electron chi connectivity index (χ2n) is 9.10. The molecule has 4 heteroatoms. The van der Waals surface area contributed by atoms with E-state index >= 15 is 0 Å². The molecule has 0 N–H and O–H groups in total. The lowest BCUT2D eigenvalue weighted by Gasteiger charge is -2.08. The standard InChI is InChI=1S/C29H47NO3/c1-2-3-4-5-6-7-8-9-10-11-12-13-14-15-16-17-25-32-28-20-18-27(19-21-28)23-26-33-29(31)22-24-30/h18-21H,2-17,22-23,25-26H2,1H3. The SMILES string of the molecule is CCCCCCCCCCCCCCCCCCOc1ccc(CCOC(=O)CC#N)cc1. The number of nitrogens with zero attached hydrogens (tertiary/aromatic N) is 1. The Hall–Kier alpha value is -2.02. The first-order valence-electron chi connectivity index (χ1n) is 13.5. The van der Waals surface area contributed by atoms with Gasteiger partial charge in [0.1, 0.15) is 12.2 Å². The van der Waals surface area contributed by atoms with E-state index < -0.39 is 5.97 Å². The van der Waals surface area contributed by atoms with Crippen LogP contribution < -0.4 is 4.74 Å². The van der Waals surface area contributed by atoms with Crippen molar-refractivity contribution >= 4 is 5.97 Å². The molecule has 0 saturated heterocycles. The molecule has 0 unspecified atom stereocenters. The van der Waals surface area contributed by atoms with Crippen LogP contribution >= 0.6 is 0 Å². The van der Waals surface area contributed by atoms with Gasteiger partial charge in [-0.15, -0.1) is 0 Å². The predicted molar refractivity (Wildman–Crippen MR) is 136 cm³/mol. The van der Waals surface area contributed by atoms with Gasteiger partial charge in [-0.25, -0.2) is 0 Å². The Kier molecular flexibility index (Phi) is 19.2. The van der Waals surface area contributed by atoms with E-state index in [-0.39, 0.29) is 6.42 Å². The lowest BCUT2D eigenvalue weighted by atomic mass is 10.0. The van der Waals surface area contributed by atoms with Gasteiger partial charge < -0.3 is 9.47 Å². The average Bonchev–Trinajstić information content (AvgIpc) is 2.82. The van der Waals surface area contributed by atoms with Crippen molar-refractivity contribution in [1.29, 1.82) is 5.26 Å². The molecular formula is C29H47NO3. The van der Waals surface area contributed by atoms with Crippen LogP contribution in [0.3, 0.4) is 0 Å². The fraction of sp³-hybridized carbons (Fsp3) is 0.724. The van der Waals surface area contributed by atoms with Crippen molar-refractivity contribution in [3.63, 3.8) is 0 Å². The molecule has 0 aromatic heterocycles. The van der Waals surface area contributed by atoms with Crippen LogP contribution in [0.25, 0.3) is 0 Å². The Morgan fingerprint density at radius 2 is 1.21 bits per heavy atom. The summed E-state index contributed by atoms with van der Waals surface area (Å²) in [5, 5.41) is 8.43. The molecule has 33 heavy (non-hydrogen) atoms. The number of rotatable bonds is 22. The Morgan fingerprint density at radius 1 is 0.727 bits per heavy atom. The van der Waals surface area contributed by atoms with Crippen LogP contribution in [0.15, 0.2) is 24.3 Å². The summed E-state index contributed by atoms with van der Waals surface area (Å²) in [6.45, 7) is 3.35. The molecule has 0 fully saturated rings. The monoisotopic (exact) mass is 457 g/mol. The van der Waals surface area contributed by atoms with Gasteiger partial charge >= 0.3 is 5.97 Å². The number of ether oxygens (including phenoxy) is 2. The molecular weight excluding hydrogens is 410 g/mol. The predicted octanol–water partition coefficient (Wildman–Crippen LogP) is 8.33. The van der Waals surface area contributed by atoms with Crippen molar-refractivity contribution in [2.75, 3.05) is 13.2 Å². The molecule has 1 aromatic carbocycles. The first-order valence-corrected chi connectivity index (χ1v) is 13.5. The molecule has 1 aromatic rings. The Labute approximate surface area is 203 Å². The summed E-state index contributed by atoms with van der Waals surface area (Å²) >= 11 is 0. The molecule has 0 aliphatic rings. The van der Waals surface area contributed by atoms with E-state index in [1.54, 1.807) is 6.07 Å². The summed E-state index contributed by atoms with van der Waals surface area (Å²) in [5.41, 5.74) is 1.09. The van der Waals surface area contributed by atoms with Gasteiger partial charge in [0.2, 0.25) is 0 Å². The quantitative estimate of drug-likeness (QED) is 0.130. The highest BCUT2D eigenvalue weighted by Gasteiger charge is 2.02. The summed E-state index contributed by atoms with van der Waals surface area (Å²) in [6.07, 6.45) is 22.5. The van der Waals surface area contributed by atoms with Crippen molar-refractivity contribution in [3.8, 4) is 11.8 Å². The highest BCUT2D eigenvalue weighted by atomic mass is 16.5. The maximum atomic E-state index is 11.2. The highest BCUT2D eigenvalue weighted by Crippen LogP contribution is 2.15. The van der Waals surface area contributed by atoms with E-state index in [4.69, 9.17) is 14.7 Å². The molecule has 4 nitrogen and oxygen atoms in total. The molecule has 0 aliphatic heterocycles. The van der Waals surface area contributed by atoms with Crippen molar-refractivity contribution in [1.82, 2.24) is 0 Å². The first kappa shape index (κ1) is 29.0. The number of hydrogen-bond acceptors (Lipinski definition) is 4. The smallest absolute Gasteiger partial charge is 0.320 e. The maximum absolute atomic E-state index is 11.2. The number of unbranched alkanes of at least 4 members (excludes halogenated alkanes) is 15. The molecule has 0 amide bonds. The zero-order valence-corrected chi connectivity index (χ0v) is 21.1. The molecule has 0 radical (unpaired) electrons. The van der Waals surface area contributed by atoms with Crippen LogP contribution in [0.2, 0.25) is 0 Å². The van der Waals surface area contributed by atoms with Crippen molar-refractivity contribution in [3.05, 3.63) is 29.8 Å². The average molecular weight is 458 g/mol. The molecule has 0 spiro atoms. The molecule has 0 heterocycles. The van der Waals surface area contributed by atoms with Gasteiger partial charge in [-0.2, -0.15) is 5.26 Å². The van der Waals surface area contributed by atoms with Gasteiger partial charge in [-0.1, -0.05) is 115 Å². The second-order valence-corrected chi connectivity index (χ2v) is 9.10. The third kappa shape index (κ3) is 18.1. The number of nitriles is 1. The van der Waals surface area contributed by atoms with Gasteiger partial charge in [0.25, 0.3) is 0 Å². The van der Waals surface area contributed by atoms with E-state index in [0.29, 0.717) is 13.0 Å². The number of esters is 1. The normalized spacial score (nSPS) is 10.7. The van der Waals surface area contributed by atoms with Crippen LogP contribution in [-0.2, 0) is 16.0 Å². The number of benzene rings is 1. The zero-order valence-electron chi connectivity index (χ0n) is 21.1. The highest BCUT2D eigenvalue weighted by molar-refractivity contribution is 5.71. The van der Waals surface area contributed by atoms with E-state index in [1.807, 2.05) is 24.3 Å². The molecule has 1 rings (SSSR count). The number of carbonyl (C=O) groups is 1. The summed E-state index contributed by atoms with van der Waals surface area (Å²) in [7, 11) is 0. The zero-order chi connectivity index (χ0) is 23.8. The second kappa shape index (κ2) is 21.8. The Bertz CT molecular complexity index is 621. The third-order valence-corrected chi connectivity index (χ3v) is 6.07. The lowest BCUT2D eigenvalue weighted by Crippen LogP contribution is -2.06. The topological polar surface area (TPSA) is 59.3 Å². The number of hydrogen-bond donors (Lipinski definition) is 0. The number of carbonyl (C=O) groups excluding carboxylic acids is 1. The minimum Gasteiger partial charge on any atom is -0.494 e. The van der Waals surface area contributed by atoms with Crippen LogP contribution in [0, 0.1) is 11.3 Å². The van der Waals surface area contributed by atoms with Gasteiger partial charge in [0, 0.05) is 6.42 Å². The minimum absolute atomic E-state index is 0.188. The molecule has 186 valence electrons. The maximum Gasteiger partial charge on any atom is 0.320 e. The summed E-state index contributed by atoms with van der Waals surface area (Å²) in [6, 6.07) is 9.73. The van der Waals surface area contributed by atoms with Gasteiger partial charge in [0.15, 0.2) is 0 Å². The third-order valence-electron chi connectivity index (χ3n) is 6.07.